The highest BCUT2D eigenvalue weighted by Crippen LogP contribution is 2.28. The molecular weight excluding hydrogens is 711 g/mol. The zero-order valence-corrected chi connectivity index (χ0v) is 38.6. The van der Waals surface area contributed by atoms with E-state index in [2.05, 4.69) is 62.9 Å². The lowest BCUT2D eigenvalue weighted by Crippen LogP contribution is -2.49. The third-order valence-electron chi connectivity index (χ3n) is 11.9. The van der Waals surface area contributed by atoms with Gasteiger partial charge in [0.1, 0.15) is 0 Å². The Morgan fingerprint density at radius 1 is 0.632 bits per heavy atom. The molecule has 4 atom stereocenters. The summed E-state index contributed by atoms with van der Waals surface area (Å²) in [5, 5.41) is 11.3. The molecule has 1 rings (SSSR count). The number of nitrogens with zero attached hydrogens (tertiary/aromatic N) is 3. The van der Waals surface area contributed by atoms with E-state index in [9.17, 15) is 14.7 Å². The number of hydrogen-bond acceptors (Lipinski definition) is 7. The third kappa shape index (κ3) is 29.0. The predicted octanol–water partition coefficient (Wildman–Crippen LogP) is 12.9. The number of esters is 2. The maximum Gasteiger partial charge on any atom is 0.305 e. The number of aliphatic hydroxyl groups is 1. The highest BCUT2D eigenvalue weighted by Gasteiger charge is 2.31. The summed E-state index contributed by atoms with van der Waals surface area (Å²) in [5.41, 5.74) is 0.0150. The second-order valence-electron chi connectivity index (χ2n) is 18.5. The minimum atomic E-state index is -0.416. The molecule has 0 saturated carbocycles. The first-order valence-electron chi connectivity index (χ1n) is 24.2. The Morgan fingerprint density at radius 2 is 1.11 bits per heavy atom. The third-order valence-corrected chi connectivity index (χ3v) is 11.9. The number of imidazole rings is 1. The first-order chi connectivity index (χ1) is 27.5. The van der Waals surface area contributed by atoms with Gasteiger partial charge in [0.15, 0.2) is 0 Å². The summed E-state index contributed by atoms with van der Waals surface area (Å²) in [6, 6.07) is 0.242. The number of unbranched alkanes of at least 4 members (excludes halogenated alkanes) is 14. The minimum absolute atomic E-state index is 0.0150. The first kappa shape index (κ1) is 53.1. The van der Waals surface area contributed by atoms with Gasteiger partial charge in [-0.15, -0.1) is 0 Å². The van der Waals surface area contributed by atoms with E-state index in [0.29, 0.717) is 44.4 Å². The lowest BCUT2D eigenvalue weighted by atomic mass is 9.85. The SMILES string of the molecule is CCCCCCCC(CCC)COC(=O)CCCCCCCN(CC(O)CCCCCC(=O)OCC(CCC)CCCCCCC)C(Cn1ccnc1)C(C)(C)C. The summed E-state index contributed by atoms with van der Waals surface area (Å²) in [6.07, 6.45) is 34.6. The molecule has 0 amide bonds. The molecule has 0 aliphatic rings. The molecule has 8 nitrogen and oxygen atoms in total. The summed E-state index contributed by atoms with van der Waals surface area (Å²) in [6.45, 7) is 19.4. The normalized spacial score (nSPS) is 14.1. The fourth-order valence-electron chi connectivity index (χ4n) is 8.29. The number of rotatable bonds is 39. The number of aliphatic hydroxyl groups excluding tert-OH is 1. The van der Waals surface area contributed by atoms with Gasteiger partial charge in [0, 0.05) is 44.4 Å². The molecule has 8 heteroatoms. The summed E-state index contributed by atoms with van der Waals surface area (Å²) in [7, 11) is 0. The van der Waals surface area contributed by atoms with Gasteiger partial charge in [-0.3, -0.25) is 14.5 Å². The summed E-state index contributed by atoms with van der Waals surface area (Å²) >= 11 is 0. The molecule has 0 aliphatic heterocycles. The van der Waals surface area contributed by atoms with Crippen molar-refractivity contribution in [1.29, 1.82) is 0 Å². The van der Waals surface area contributed by atoms with E-state index >= 15 is 0 Å². The van der Waals surface area contributed by atoms with E-state index in [1.54, 1.807) is 0 Å². The lowest BCUT2D eigenvalue weighted by molar-refractivity contribution is -0.146. The van der Waals surface area contributed by atoms with E-state index in [1.165, 1.54) is 70.6 Å². The summed E-state index contributed by atoms with van der Waals surface area (Å²) < 4.78 is 13.6. The van der Waals surface area contributed by atoms with Crippen molar-refractivity contribution in [2.75, 3.05) is 26.3 Å². The number of carbonyl (C=O) groups excluding carboxylic acids is 2. The van der Waals surface area contributed by atoms with E-state index < -0.39 is 6.10 Å². The van der Waals surface area contributed by atoms with Crippen molar-refractivity contribution in [3.8, 4) is 0 Å². The van der Waals surface area contributed by atoms with Crippen LogP contribution in [-0.2, 0) is 25.6 Å². The standard InChI is InChI=1S/C49H93N3O5/c1-8-12-14-17-22-30-43(28-10-3)40-56-47(54)33-25-19-16-20-27-36-52(46(49(5,6)7)39-51-37-35-50-42-51)38-45(53)32-24-21-26-34-48(55)57-41-44(29-11-4)31-23-18-15-13-9-2/h35,37,42-46,53H,8-34,36,38-41H2,1-7H3. The van der Waals surface area contributed by atoms with Gasteiger partial charge in [-0.05, 0) is 75.2 Å². The summed E-state index contributed by atoms with van der Waals surface area (Å²) in [4.78, 5) is 31.9. The Hall–Kier alpha value is -1.93. The van der Waals surface area contributed by atoms with Crippen LogP contribution >= 0.6 is 0 Å². The van der Waals surface area contributed by atoms with Crippen LogP contribution < -0.4 is 0 Å². The second-order valence-corrected chi connectivity index (χ2v) is 18.5. The molecule has 334 valence electrons. The Bertz CT molecular complexity index is 1060. The molecule has 1 aromatic rings. The van der Waals surface area contributed by atoms with Crippen molar-refractivity contribution < 1.29 is 24.2 Å². The van der Waals surface area contributed by atoms with Crippen molar-refractivity contribution in [1.82, 2.24) is 14.5 Å². The van der Waals surface area contributed by atoms with Crippen LogP contribution in [0.1, 0.15) is 222 Å². The van der Waals surface area contributed by atoms with Gasteiger partial charge in [-0.1, -0.05) is 158 Å². The Labute approximate surface area is 352 Å². The van der Waals surface area contributed by atoms with E-state index in [-0.39, 0.29) is 23.4 Å². The first-order valence-corrected chi connectivity index (χ1v) is 24.2. The highest BCUT2D eigenvalue weighted by atomic mass is 16.5. The van der Waals surface area contributed by atoms with Crippen molar-refractivity contribution in [2.45, 2.75) is 241 Å². The molecule has 1 aromatic heterocycles. The zero-order valence-electron chi connectivity index (χ0n) is 38.6. The van der Waals surface area contributed by atoms with Gasteiger partial charge < -0.3 is 19.1 Å². The zero-order chi connectivity index (χ0) is 42.0. The van der Waals surface area contributed by atoms with E-state index in [4.69, 9.17) is 9.47 Å². The smallest absolute Gasteiger partial charge is 0.305 e. The van der Waals surface area contributed by atoms with Gasteiger partial charge in [0.2, 0.25) is 0 Å². The molecule has 4 unspecified atom stereocenters. The molecule has 1 N–H and O–H groups in total. The van der Waals surface area contributed by atoms with Crippen molar-refractivity contribution in [2.24, 2.45) is 17.3 Å². The van der Waals surface area contributed by atoms with Gasteiger partial charge in [-0.2, -0.15) is 0 Å². The predicted molar refractivity (Wildman–Crippen MR) is 239 cm³/mol. The lowest BCUT2D eigenvalue weighted by Gasteiger charge is -2.41. The maximum atomic E-state index is 12.5. The number of carbonyl (C=O) groups is 2. The van der Waals surface area contributed by atoms with Gasteiger partial charge >= 0.3 is 11.9 Å². The maximum absolute atomic E-state index is 12.5. The molecule has 1 heterocycles. The van der Waals surface area contributed by atoms with Gasteiger partial charge in [-0.25, -0.2) is 4.98 Å². The van der Waals surface area contributed by atoms with E-state index in [1.807, 2.05) is 18.7 Å². The highest BCUT2D eigenvalue weighted by molar-refractivity contribution is 5.69. The number of hydrogen-bond donors (Lipinski definition) is 1. The Kier molecular flexibility index (Phi) is 32.5. The van der Waals surface area contributed by atoms with E-state index in [0.717, 1.165) is 103 Å². The molecule has 0 aliphatic carbocycles. The average Bonchev–Trinajstić information content (AvgIpc) is 3.70. The monoisotopic (exact) mass is 804 g/mol. The van der Waals surface area contributed by atoms with Crippen LogP contribution in [0.2, 0.25) is 0 Å². The molecule has 0 saturated heterocycles. The van der Waals surface area contributed by atoms with Crippen LogP contribution in [-0.4, -0.2) is 69.9 Å². The largest absolute Gasteiger partial charge is 0.465 e. The molecule has 0 fully saturated rings. The second kappa shape index (κ2) is 34.9. The van der Waals surface area contributed by atoms with Gasteiger partial charge in [0.25, 0.3) is 0 Å². The van der Waals surface area contributed by atoms with Crippen LogP contribution in [0.3, 0.4) is 0 Å². The van der Waals surface area contributed by atoms with Crippen molar-refractivity contribution >= 4 is 11.9 Å². The van der Waals surface area contributed by atoms with Crippen LogP contribution in [0, 0.1) is 17.3 Å². The Balaban J connectivity index is 2.49. The summed E-state index contributed by atoms with van der Waals surface area (Å²) in [5.74, 6) is 0.893. The van der Waals surface area contributed by atoms with Crippen molar-refractivity contribution in [3.63, 3.8) is 0 Å². The van der Waals surface area contributed by atoms with Crippen molar-refractivity contribution in [3.05, 3.63) is 18.7 Å². The molecule has 0 spiro atoms. The molecule has 0 bridgehead atoms. The fourth-order valence-corrected chi connectivity index (χ4v) is 8.29. The van der Waals surface area contributed by atoms with Crippen LogP contribution in [0.25, 0.3) is 0 Å². The molecular formula is C49H93N3O5. The molecule has 0 radical (unpaired) electrons. The molecule has 0 aromatic carbocycles. The number of ether oxygens (including phenoxy) is 2. The Morgan fingerprint density at radius 3 is 1.60 bits per heavy atom. The van der Waals surface area contributed by atoms with Crippen LogP contribution in [0.4, 0.5) is 0 Å². The number of aromatic nitrogens is 2. The van der Waals surface area contributed by atoms with Crippen LogP contribution in [0.5, 0.6) is 0 Å². The average molecular weight is 804 g/mol. The van der Waals surface area contributed by atoms with Crippen LogP contribution in [0.15, 0.2) is 18.7 Å². The fraction of sp³-hybridized carbons (Fsp3) is 0.898. The van der Waals surface area contributed by atoms with Gasteiger partial charge in [0.05, 0.1) is 25.6 Å². The molecule has 57 heavy (non-hydrogen) atoms. The quantitative estimate of drug-likeness (QED) is 0.0523. The topological polar surface area (TPSA) is 93.9 Å². The minimum Gasteiger partial charge on any atom is -0.465 e.